The molecule has 1 saturated heterocycles. The normalized spacial score (nSPS) is 20.5. The van der Waals surface area contributed by atoms with Gasteiger partial charge in [-0.3, -0.25) is 4.79 Å². The summed E-state index contributed by atoms with van der Waals surface area (Å²) in [5.41, 5.74) is 0. The van der Waals surface area contributed by atoms with Crippen LogP contribution in [0.3, 0.4) is 0 Å². The fraction of sp³-hybridized carbons (Fsp3) is 0.982. The highest BCUT2D eigenvalue weighted by molar-refractivity contribution is 5.80. The summed E-state index contributed by atoms with van der Waals surface area (Å²) >= 11 is 0. The highest BCUT2D eigenvalue weighted by Gasteiger charge is 2.44. The number of carbonyl (C=O) groups excluding carboxylic acids is 1. The monoisotopic (exact) mass is 958 g/mol. The van der Waals surface area contributed by atoms with Gasteiger partial charge in [-0.2, -0.15) is 0 Å². The van der Waals surface area contributed by atoms with E-state index < -0.39 is 74.2 Å². The van der Waals surface area contributed by atoms with Crippen molar-refractivity contribution >= 4 is 5.91 Å². The largest absolute Gasteiger partial charge is 0.394 e. The van der Waals surface area contributed by atoms with E-state index >= 15 is 0 Å². The quantitative estimate of drug-likeness (QED) is 0.0273. The van der Waals surface area contributed by atoms with Crippen molar-refractivity contribution in [1.29, 1.82) is 0 Å². The number of amides is 1. The molecule has 67 heavy (non-hydrogen) atoms. The molecule has 1 aliphatic heterocycles. The SMILES string of the molecule is CCCCCCCCCCCCCCCCCCCCCCCCCCCCCCCCC(O)C(=O)NC(COC1OC(CO)C(O)C(O)C1O)C(O)C(O)CCCCCCCCCCCC. The third-order valence-electron chi connectivity index (χ3n) is 14.4. The smallest absolute Gasteiger partial charge is 0.249 e. The van der Waals surface area contributed by atoms with Crippen LogP contribution in [-0.4, -0.2) is 110 Å². The molecule has 0 radical (unpaired) electrons. The van der Waals surface area contributed by atoms with Gasteiger partial charge in [-0.1, -0.05) is 271 Å². The van der Waals surface area contributed by atoms with E-state index in [0.717, 1.165) is 38.5 Å². The Morgan fingerprint density at radius 1 is 0.463 bits per heavy atom. The standard InChI is InChI=1S/C56H111NO10/c1-3-5-7-9-11-13-15-16-17-18-19-20-21-22-23-24-25-26-27-28-29-30-31-32-33-34-36-38-40-42-44-49(60)55(65)57-47(46-66-56-54(64)53(63)52(62)50(45-58)67-56)51(61)48(59)43-41-39-37-35-14-12-10-8-6-4-2/h47-54,56,58-64H,3-46H2,1-2H3,(H,57,65). The number of carbonyl (C=O) groups is 1. The minimum absolute atomic E-state index is 0.267. The van der Waals surface area contributed by atoms with Crippen LogP contribution in [0.15, 0.2) is 0 Å². The minimum atomic E-state index is -1.66. The van der Waals surface area contributed by atoms with Crippen LogP contribution in [0.1, 0.15) is 284 Å². The van der Waals surface area contributed by atoms with Crippen molar-refractivity contribution in [3.63, 3.8) is 0 Å². The average molecular weight is 959 g/mol. The predicted octanol–water partition coefficient (Wildman–Crippen LogP) is 11.8. The molecule has 9 atom stereocenters. The summed E-state index contributed by atoms with van der Waals surface area (Å²) in [5, 5.41) is 75.8. The lowest BCUT2D eigenvalue weighted by Crippen LogP contribution is -2.60. The molecule has 0 aromatic rings. The number of ether oxygens (including phenoxy) is 2. The van der Waals surface area contributed by atoms with Gasteiger partial charge in [0.1, 0.15) is 36.6 Å². The number of rotatable bonds is 50. The van der Waals surface area contributed by atoms with Crippen LogP contribution in [0.25, 0.3) is 0 Å². The molecule has 1 rings (SSSR count). The van der Waals surface area contributed by atoms with Crippen LogP contribution in [0.4, 0.5) is 0 Å². The molecule has 8 N–H and O–H groups in total. The van der Waals surface area contributed by atoms with Gasteiger partial charge < -0.3 is 50.5 Å². The molecular formula is C56H111NO10. The van der Waals surface area contributed by atoms with Crippen molar-refractivity contribution in [2.75, 3.05) is 13.2 Å². The number of nitrogens with one attached hydrogen (secondary N) is 1. The van der Waals surface area contributed by atoms with Crippen LogP contribution in [0.5, 0.6) is 0 Å². The van der Waals surface area contributed by atoms with E-state index in [4.69, 9.17) is 9.47 Å². The summed E-state index contributed by atoms with van der Waals surface area (Å²) in [4.78, 5) is 13.1. The molecule has 0 spiro atoms. The zero-order valence-electron chi connectivity index (χ0n) is 43.7. The zero-order valence-corrected chi connectivity index (χ0v) is 43.7. The van der Waals surface area contributed by atoms with Gasteiger partial charge in [-0.05, 0) is 12.8 Å². The van der Waals surface area contributed by atoms with E-state index in [1.807, 2.05) is 0 Å². The van der Waals surface area contributed by atoms with Crippen LogP contribution in [0.2, 0.25) is 0 Å². The molecule has 1 amide bonds. The first-order chi connectivity index (χ1) is 32.7. The summed E-state index contributed by atoms with van der Waals surface area (Å²) in [6.45, 7) is 3.46. The molecule has 400 valence electrons. The molecule has 11 nitrogen and oxygen atoms in total. The van der Waals surface area contributed by atoms with E-state index in [1.54, 1.807) is 0 Å². The fourth-order valence-electron chi connectivity index (χ4n) is 9.68. The van der Waals surface area contributed by atoms with Gasteiger partial charge in [-0.25, -0.2) is 0 Å². The Morgan fingerprint density at radius 3 is 1.10 bits per heavy atom. The number of unbranched alkanes of at least 4 members (excludes halogenated alkanes) is 38. The maximum absolute atomic E-state index is 13.1. The maximum Gasteiger partial charge on any atom is 0.249 e. The summed E-state index contributed by atoms with van der Waals surface area (Å²) < 4.78 is 11.1. The second kappa shape index (κ2) is 46.2. The summed E-state index contributed by atoms with van der Waals surface area (Å²) in [6.07, 6.45) is 40.5. The second-order valence-electron chi connectivity index (χ2n) is 20.7. The van der Waals surface area contributed by atoms with E-state index in [1.165, 1.54) is 205 Å². The highest BCUT2D eigenvalue weighted by atomic mass is 16.7. The maximum atomic E-state index is 13.1. The van der Waals surface area contributed by atoms with E-state index in [9.17, 15) is 40.5 Å². The van der Waals surface area contributed by atoms with Crippen molar-refractivity contribution in [2.45, 2.75) is 339 Å². The fourth-order valence-corrected chi connectivity index (χ4v) is 9.68. The molecule has 0 aromatic heterocycles. The highest BCUT2D eigenvalue weighted by Crippen LogP contribution is 2.24. The lowest BCUT2D eigenvalue weighted by molar-refractivity contribution is -0.303. The molecule has 11 heteroatoms. The van der Waals surface area contributed by atoms with Crippen molar-refractivity contribution in [1.82, 2.24) is 5.32 Å². The molecule has 1 heterocycles. The van der Waals surface area contributed by atoms with Crippen molar-refractivity contribution < 1.29 is 50.0 Å². The van der Waals surface area contributed by atoms with Gasteiger partial charge in [0.15, 0.2) is 6.29 Å². The van der Waals surface area contributed by atoms with Gasteiger partial charge in [0.05, 0.1) is 25.4 Å². The first-order valence-electron chi connectivity index (χ1n) is 28.9. The topological polar surface area (TPSA) is 189 Å². The van der Waals surface area contributed by atoms with E-state index in [2.05, 4.69) is 19.2 Å². The van der Waals surface area contributed by atoms with Gasteiger partial charge >= 0.3 is 0 Å². The Hall–Kier alpha value is -0.890. The van der Waals surface area contributed by atoms with Crippen LogP contribution < -0.4 is 5.32 Å². The Bertz CT molecular complexity index is 1050. The number of aliphatic hydroxyl groups is 7. The summed E-state index contributed by atoms with van der Waals surface area (Å²) in [5.74, 6) is -0.692. The molecule has 0 aromatic carbocycles. The Morgan fingerprint density at radius 2 is 0.776 bits per heavy atom. The molecular weight excluding hydrogens is 847 g/mol. The predicted molar refractivity (Wildman–Crippen MR) is 275 cm³/mol. The van der Waals surface area contributed by atoms with Crippen molar-refractivity contribution in [3.05, 3.63) is 0 Å². The molecule has 9 unspecified atom stereocenters. The molecule has 0 aliphatic carbocycles. The average Bonchev–Trinajstić information content (AvgIpc) is 3.33. The van der Waals surface area contributed by atoms with Gasteiger partial charge in [0, 0.05) is 0 Å². The van der Waals surface area contributed by atoms with Gasteiger partial charge in [0.25, 0.3) is 0 Å². The van der Waals surface area contributed by atoms with Crippen molar-refractivity contribution in [2.24, 2.45) is 0 Å². The molecule has 0 saturated carbocycles. The van der Waals surface area contributed by atoms with Gasteiger partial charge in [0.2, 0.25) is 5.91 Å². The third-order valence-corrected chi connectivity index (χ3v) is 14.4. The first kappa shape index (κ1) is 64.1. The van der Waals surface area contributed by atoms with E-state index in [0.29, 0.717) is 19.3 Å². The van der Waals surface area contributed by atoms with Gasteiger partial charge in [-0.15, -0.1) is 0 Å². The van der Waals surface area contributed by atoms with Crippen molar-refractivity contribution in [3.8, 4) is 0 Å². The lowest BCUT2D eigenvalue weighted by atomic mass is 9.98. The summed E-state index contributed by atoms with van der Waals surface area (Å²) in [6, 6.07) is -1.16. The van der Waals surface area contributed by atoms with Crippen LogP contribution in [-0.2, 0) is 14.3 Å². The third kappa shape index (κ3) is 35.0. The Balaban J connectivity index is 2.16. The summed E-state index contributed by atoms with van der Waals surface area (Å²) in [7, 11) is 0. The lowest BCUT2D eigenvalue weighted by Gasteiger charge is -2.40. The Labute approximate surface area is 411 Å². The molecule has 1 fully saturated rings. The second-order valence-corrected chi connectivity index (χ2v) is 20.7. The zero-order chi connectivity index (χ0) is 49.0. The minimum Gasteiger partial charge on any atom is -0.394 e. The number of hydrogen-bond donors (Lipinski definition) is 8. The van der Waals surface area contributed by atoms with E-state index in [-0.39, 0.29) is 6.42 Å². The molecule has 1 aliphatic rings. The number of hydrogen-bond acceptors (Lipinski definition) is 10. The number of aliphatic hydroxyl groups excluding tert-OH is 7. The van der Waals surface area contributed by atoms with Crippen LogP contribution >= 0.6 is 0 Å². The Kier molecular flexibility index (Phi) is 44.2. The first-order valence-corrected chi connectivity index (χ1v) is 28.9. The van der Waals surface area contributed by atoms with Crippen LogP contribution in [0, 0.1) is 0 Å². The molecule has 0 bridgehead atoms.